The van der Waals surface area contributed by atoms with E-state index in [0.717, 1.165) is 62.8 Å². The number of benzene rings is 1. The van der Waals surface area contributed by atoms with Gasteiger partial charge in [0, 0.05) is 38.4 Å². The van der Waals surface area contributed by atoms with Crippen LogP contribution in [0.4, 0.5) is 5.69 Å². The van der Waals surface area contributed by atoms with E-state index < -0.39 is 0 Å². The Morgan fingerprint density at radius 1 is 1.07 bits per heavy atom. The largest absolute Gasteiger partial charge is 0.382 e. The van der Waals surface area contributed by atoms with Crippen LogP contribution in [0.3, 0.4) is 0 Å². The van der Waals surface area contributed by atoms with Gasteiger partial charge in [-0.3, -0.25) is 4.79 Å². The van der Waals surface area contributed by atoms with Crippen molar-refractivity contribution < 1.29 is 9.53 Å². The van der Waals surface area contributed by atoms with Gasteiger partial charge in [-0.15, -0.1) is 24.0 Å². The predicted molar refractivity (Wildman–Crippen MR) is 124 cm³/mol. The van der Waals surface area contributed by atoms with Crippen molar-refractivity contribution >= 4 is 41.5 Å². The van der Waals surface area contributed by atoms with Crippen LogP contribution in [-0.4, -0.2) is 38.2 Å². The van der Waals surface area contributed by atoms with Gasteiger partial charge in [0.1, 0.15) is 0 Å². The number of rotatable bonds is 12. The van der Waals surface area contributed by atoms with Gasteiger partial charge in [-0.1, -0.05) is 19.1 Å². The van der Waals surface area contributed by atoms with Crippen molar-refractivity contribution in [2.24, 2.45) is 4.99 Å². The number of carbonyl (C=O) groups excluding carboxylic acids is 1. The Hall–Kier alpha value is -1.35. The summed E-state index contributed by atoms with van der Waals surface area (Å²) in [5.41, 5.74) is 1.93. The number of nitrogens with zero attached hydrogens (tertiary/aromatic N) is 1. The molecule has 6 nitrogen and oxygen atoms in total. The molecule has 27 heavy (non-hydrogen) atoms. The van der Waals surface area contributed by atoms with E-state index in [1.54, 1.807) is 0 Å². The predicted octanol–water partition coefficient (Wildman–Crippen LogP) is 3.92. The Balaban J connectivity index is 0.00000676. The summed E-state index contributed by atoms with van der Waals surface area (Å²) in [7, 11) is 0. The molecule has 0 aliphatic carbocycles. The monoisotopic (exact) mass is 490 g/mol. The molecule has 1 aromatic carbocycles. The first-order valence-electron chi connectivity index (χ1n) is 9.68. The highest BCUT2D eigenvalue weighted by Gasteiger charge is 2.01. The van der Waals surface area contributed by atoms with Crippen molar-refractivity contribution in [3.8, 4) is 0 Å². The van der Waals surface area contributed by atoms with Gasteiger partial charge < -0.3 is 20.7 Å². The maximum atomic E-state index is 11.6. The zero-order chi connectivity index (χ0) is 19.0. The molecule has 0 bridgehead atoms. The minimum Gasteiger partial charge on any atom is -0.382 e. The number of hydrogen-bond acceptors (Lipinski definition) is 3. The molecule has 1 aromatic rings. The molecule has 0 aromatic heterocycles. The highest BCUT2D eigenvalue weighted by Crippen LogP contribution is 2.11. The molecule has 0 fully saturated rings. The van der Waals surface area contributed by atoms with Crippen molar-refractivity contribution in [3.05, 3.63) is 29.8 Å². The molecule has 1 rings (SSSR count). The minimum atomic E-state index is 0. The molecular weight excluding hydrogens is 455 g/mol. The maximum absolute atomic E-state index is 11.6. The second-order valence-corrected chi connectivity index (χ2v) is 6.02. The van der Waals surface area contributed by atoms with Crippen LogP contribution in [0.25, 0.3) is 0 Å². The fraction of sp³-hybridized carbons (Fsp3) is 0.600. The number of nitrogens with one attached hydrogen (secondary N) is 3. The highest BCUT2D eigenvalue weighted by molar-refractivity contribution is 14.0. The topological polar surface area (TPSA) is 74.8 Å². The van der Waals surface area contributed by atoms with Crippen LogP contribution in [-0.2, 0) is 16.1 Å². The van der Waals surface area contributed by atoms with Crippen molar-refractivity contribution in [2.75, 3.05) is 31.6 Å². The van der Waals surface area contributed by atoms with Gasteiger partial charge in [-0.2, -0.15) is 0 Å². The van der Waals surface area contributed by atoms with Crippen LogP contribution in [0, 0.1) is 0 Å². The molecule has 7 heteroatoms. The van der Waals surface area contributed by atoms with Crippen LogP contribution in [0.2, 0.25) is 0 Å². The number of ether oxygens (including phenoxy) is 1. The van der Waals surface area contributed by atoms with Gasteiger partial charge in [-0.25, -0.2) is 4.99 Å². The fourth-order valence-corrected chi connectivity index (χ4v) is 2.34. The number of halogens is 1. The van der Waals surface area contributed by atoms with E-state index in [0.29, 0.717) is 13.0 Å². The second-order valence-electron chi connectivity index (χ2n) is 6.02. The van der Waals surface area contributed by atoms with Gasteiger partial charge in [0.05, 0.1) is 6.54 Å². The SMILES string of the molecule is CCCC(=O)Nc1ccc(CN=C(NCC)NCCCCOCC)cc1.I. The molecule has 1 amide bonds. The Bertz CT molecular complexity index is 535. The smallest absolute Gasteiger partial charge is 0.224 e. The van der Waals surface area contributed by atoms with E-state index in [1.807, 2.05) is 38.1 Å². The summed E-state index contributed by atoms with van der Waals surface area (Å²) in [6.45, 7) is 9.95. The summed E-state index contributed by atoms with van der Waals surface area (Å²) in [5.74, 6) is 0.880. The average molecular weight is 490 g/mol. The summed E-state index contributed by atoms with van der Waals surface area (Å²) >= 11 is 0. The van der Waals surface area contributed by atoms with Crippen LogP contribution in [0.1, 0.15) is 52.0 Å². The first-order chi connectivity index (χ1) is 12.7. The second kappa shape index (κ2) is 16.8. The zero-order valence-corrected chi connectivity index (χ0v) is 19.2. The first kappa shape index (κ1) is 25.6. The van der Waals surface area contributed by atoms with Gasteiger partial charge in [-0.05, 0) is 50.8 Å². The minimum absolute atomic E-state index is 0. The Morgan fingerprint density at radius 2 is 1.81 bits per heavy atom. The van der Waals surface area contributed by atoms with E-state index in [4.69, 9.17) is 4.74 Å². The number of hydrogen-bond donors (Lipinski definition) is 3. The Kier molecular flexibility index (Phi) is 16.0. The summed E-state index contributed by atoms with van der Waals surface area (Å²) in [6.07, 6.45) is 3.50. The zero-order valence-electron chi connectivity index (χ0n) is 16.8. The lowest BCUT2D eigenvalue weighted by Gasteiger charge is -2.11. The fourth-order valence-electron chi connectivity index (χ4n) is 2.34. The molecular formula is C20H35IN4O2. The van der Waals surface area contributed by atoms with Gasteiger partial charge in [0.15, 0.2) is 5.96 Å². The molecule has 0 saturated carbocycles. The summed E-state index contributed by atoms with van der Waals surface area (Å²) in [4.78, 5) is 16.2. The Morgan fingerprint density at radius 3 is 2.44 bits per heavy atom. The lowest BCUT2D eigenvalue weighted by molar-refractivity contribution is -0.116. The van der Waals surface area contributed by atoms with Crippen molar-refractivity contribution in [2.45, 2.75) is 53.0 Å². The number of unbranched alkanes of at least 4 members (excludes halogenated alkanes) is 1. The molecule has 0 radical (unpaired) electrons. The van der Waals surface area contributed by atoms with E-state index in [2.05, 4.69) is 27.9 Å². The Labute approximate surface area is 181 Å². The standard InChI is InChI=1S/C20H34N4O2.HI/c1-4-9-19(25)24-18-12-10-17(11-13-18)16-23-20(21-5-2)22-14-7-8-15-26-6-3;/h10-13H,4-9,14-16H2,1-3H3,(H,24,25)(H2,21,22,23);1H. The third-order valence-electron chi connectivity index (χ3n) is 3.69. The van der Waals surface area contributed by atoms with E-state index in [1.165, 1.54) is 0 Å². The number of aliphatic imine (C=N–C) groups is 1. The van der Waals surface area contributed by atoms with Crippen molar-refractivity contribution in [1.82, 2.24) is 10.6 Å². The molecule has 0 atom stereocenters. The van der Waals surface area contributed by atoms with Crippen LogP contribution in [0.15, 0.2) is 29.3 Å². The molecule has 154 valence electrons. The van der Waals surface area contributed by atoms with Gasteiger partial charge >= 0.3 is 0 Å². The van der Waals surface area contributed by atoms with Crippen LogP contribution >= 0.6 is 24.0 Å². The lowest BCUT2D eigenvalue weighted by Crippen LogP contribution is -2.37. The third-order valence-corrected chi connectivity index (χ3v) is 3.69. The van der Waals surface area contributed by atoms with E-state index in [-0.39, 0.29) is 29.9 Å². The maximum Gasteiger partial charge on any atom is 0.224 e. The molecule has 0 aliphatic rings. The van der Waals surface area contributed by atoms with Crippen LogP contribution in [0.5, 0.6) is 0 Å². The van der Waals surface area contributed by atoms with Crippen molar-refractivity contribution in [1.29, 1.82) is 0 Å². The third kappa shape index (κ3) is 12.6. The lowest BCUT2D eigenvalue weighted by atomic mass is 10.2. The number of guanidine groups is 1. The highest BCUT2D eigenvalue weighted by atomic mass is 127. The van der Waals surface area contributed by atoms with E-state index >= 15 is 0 Å². The molecule has 0 spiro atoms. The first-order valence-corrected chi connectivity index (χ1v) is 9.68. The number of anilines is 1. The molecule has 3 N–H and O–H groups in total. The summed E-state index contributed by atoms with van der Waals surface area (Å²) in [5, 5.41) is 9.50. The van der Waals surface area contributed by atoms with E-state index in [9.17, 15) is 4.79 Å². The summed E-state index contributed by atoms with van der Waals surface area (Å²) < 4.78 is 5.34. The van der Waals surface area contributed by atoms with Crippen LogP contribution < -0.4 is 16.0 Å². The number of carbonyl (C=O) groups is 1. The normalized spacial score (nSPS) is 10.9. The van der Waals surface area contributed by atoms with Crippen molar-refractivity contribution in [3.63, 3.8) is 0 Å². The number of amides is 1. The molecule has 0 heterocycles. The quantitative estimate of drug-likeness (QED) is 0.180. The summed E-state index contributed by atoms with van der Waals surface area (Å²) in [6, 6.07) is 7.84. The molecule has 0 saturated heterocycles. The molecule has 0 aliphatic heterocycles. The van der Waals surface area contributed by atoms with Gasteiger partial charge in [0.2, 0.25) is 5.91 Å². The molecule has 0 unspecified atom stereocenters. The van der Waals surface area contributed by atoms with Gasteiger partial charge in [0.25, 0.3) is 0 Å². The average Bonchev–Trinajstić information content (AvgIpc) is 2.64.